The summed E-state index contributed by atoms with van der Waals surface area (Å²) in [4.78, 5) is 36.4. The number of fused-ring (bicyclic) bond motifs is 1. The first kappa shape index (κ1) is 21.2. The van der Waals surface area contributed by atoms with Crippen LogP contribution < -0.4 is 15.8 Å². The van der Waals surface area contributed by atoms with Crippen molar-refractivity contribution in [2.24, 2.45) is 5.92 Å². The van der Waals surface area contributed by atoms with Gasteiger partial charge in [-0.2, -0.15) is 9.50 Å². The lowest BCUT2D eigenvalue weighted by atomic mass is 10.0. The van der Waals surface area contributed by atoms with Gasteiger partial charge in [0, 0.05) is 51.9 Å². The summed E-state index contributed by atoms with van der Waals surface area (Å²) in [5.41, 5.74) is -0.142. The molecule has 0 unspecified atom stereocenters. The Labute approximate surface area is 180 Å². The van der Waals surface area contributed by atoms with Crippen molar-refractivity contribution in [3.05, 3.63) is 22.1 Å². The Hall–Kier alpha value is -2.04. The Morgan fingerprint density at radius 2 is 2.07 bits per heavy atom. The SMILES string of the molecule is C[C@@H]1CCCN(c2nn3c(C(=O)NCCCN4CCN(C)CC4)cc(=O)nc3s2)C1. The van der Waals surface area contributed by atoms with Gasteiger partial charge >= 0.3 is 0 Å². The molecule has 0 aliphatic carbocycles. The van der Waals surface area contributed by atoms with E-state index < -0.39 is 5.56 Å². The van der Waals surface area contributed by atoms with Gasteiger partial charge in [-0.15, -0.1) is 5.10 Å². The second kappa shape index (κ2) is 9.40. The summed E-state index contributed by atoms with van der Waals surface area (Å²) in [5, 5.41) is 8.40. The topological polar surface area (TPSA) is 86.1 Å². The number of carbonyl (C=O) groups is 1. The Morgan fingerprint density at radius 3 is 2.83 bits per heavy atom. The van der Waals surface area contributed by atoms with Gasteiger partial charge in [0.2, 0.25) is 10.1 Å². The van der Waals surface area contributed by atoms with E-state index in [0.29, 0.717) is 17.4 Å². The number of likely N-dealkylation sites (N-methyl/N-ethyl adjacent to an activating group) is 1. The number of nitrogens with zero attached hydrogens (tertiary/aromatic N) is 6. The monoisotopic (exact) mass is 433 g/mol. The molecule has 4 heterocycles. The zero-order valence-corrected chi connectivity index (χ0v) is 18.7. The molecule has 10 heteroatoms. The number of aromatic nitrogens is 3. The van der Waals surface area contributed by atoms with E-state index in [-0.39, 0.29) is 11.6 Å². The van der Waals surface area contributed by atoms with Crippen molar-refractivity contribution in [3.63, 3.8) is 0 Å². The Morgan fingerprint density at radius 1 is 1.27 bits per heavy atom. The number of nitrogens with one attached hydrogen (secondary N) is 1. The molecule has 0 aromatic carbocycles. The van der Waals surface area contributed by atoms with Crippen molar-refractivity contribution in [3.8, 4) is 0 Å². The number of carbonyl (C=O) groups excluding carboxylic acids is 1. The quantitative estimate of drug-likeness (QED) is 0.673. The fourth-order valence-corrected chi connectivity index (χ4v) is 5.07. The zero-order chi connectivity index (χ0) is 21.1. The molecule has 30 heavy (non-hydrogen) atoms. The van der Waals surface area contributed by atoms with Crippen LogP contribution in [-0.4, -0.2) is 89.7 Å². The van der Waals surface area contributed by atoms with Crippen LogP contribution in [0.1, 0.15) is 36.7 Å². The van der Waals surface area contributed by atoms with Crippen LogP contribution in [0.15, 0.2) is 10.9 Å². The highest BCUT2D eigenvalue weighted by molar-refractivity contribution is 7.20. The van der Waals surface area contributed by atoms with E-state index in [1.54, 1.807) is 0 Å². The van der Waals surface area contributed by atoms with E-state index in [4.69, 9.17) is 0 Å². The summed E-state index contributed by atoms with van der Waals surface area (Å²) < 4.78 is 1.52. The summed E-state index contributed by atoms with van der Waals surface area (Å²) >= 11 is 1.37. The molecule has 0 saturated carbocycles. The molecule has 2 aliphatic heterocycles. The molecule has 164 valence electrons. The highest BCUT2D eigenvalue weighted by atomic mass is 32.1. The maximum absolute atomic E-state index is 12.8. The molecule has 9 nitrogen and oxygen atoms in total. The average molecular weight is 434 g/mol. The van der Waals surface area contributed by atoms with Crippen LogP contribution in [0.3, 0.4) is 0 Å². The fourth-order valence-electron chi connectivity index (χ4n) is 4.12. The molecule has 2 fully saturated rings. The fraction of sp³-hybridized carbons (Fsp3) is 0.700. The normalized spacial score (nSPS) is 21.3. The Kier molecular flexibility index (Phi) is 6.64. The third-order valence-corrected chi connectivity index (χ3v) is 6.91. The molecule has 1 amide bonds. The van der Waals surface area contributed by atoms with Crippen LogP contribution in [-0.2, 0) is 0 Å². The number of rotatable bonds is 6. The summed E-state index contributed by atoms with van der Waals surface area (Å²) in [5.74, 6) is 0.341. The standard InChI is InChI=1S/C20H31N7O2S/c1-15-5-3-8-26(14-15)20-23-27-16(13-17(28)22-19(27)30-20)18(29)21-6-4-7-25-11-9-24(2)10-12-25/h13,15H,3-12,14H2,1-2H3,(H,21,29)/t15-/m1/s1. The first-order chi connectivity index (χ1) is 14.5. The van der Waals surface area contributed by atoms with Crippen molar-refractivity contribution in [2.45, 2.75) is 26.2 Å². The van der Waals surface area contributed by atoms with E-state index >= 15 is 0 Å². The second-order valence-electron chi connectivity index (χ2n) is 8.51. The van der Waals surface area contributed by atoms with Crippen molar-refractivity contribution >= 4 is 27.3 Å². The van der Waals surface area contributed by atoms with Gasteiger partial charge in [0.25, 0.3) is 11.5 Å². The first-order valence-electron chi connectivity index (χ1n) is 10.8. The Balaban J connectivity index is 1.40. The smallest absolute Gasteiger partial charge is 0.274 e. The van der Waals surface area contributed by atoms with E-state index in [9.17, 15) is 9.59 Å². The molecule has 4 rings (SSSR count). The summed E-state index contributed by atoms with van der Waals surface area (Å²) in [6, 6.07) is 1.28. The molecule has 0 spiro atoms. The predicted octanol–water partition coefficient (Wildman–Crippen LogP) is 0.755. The first-order valence-corrected chi connectivity index (χ1v) is 11.7. The summed E-state index contributed by atoms with van der Waals surface area (Å²) in [7, 11) is 2.14. The Bertz CT molecular complexity index is 935. The minimum atomic E-state index is -0.403. The number of amides is 1. The van der Waals surface area contributed by atoms with Crippen LogP contribution in [0.4, 0.5) is 5.13 Å². The number of anilines is 1. The minimum absolute atomic E-state index is 0.261. The molecule has 2 aliphatic rings. The lowest BCUT2D eigenvalue weighted by molar-refractivity contribution is 0.0941. The van der Waals surface area contributed by atoms with Crippen molar-refractivity contribution in [1.29, 1.82) is 0 Å². The molecule has 2 aromatic rings. The predicted molar refractivity (Wildman–Crippen MR) is 119 cm³/mol. The lowest BCUT2D eigenvalue weighted by Gasteiger charge is -2.32. The van der Waals surface area contributed by atoms with Gasteiger partial charge in [0.05, 0.1) is 0 Å². The van der Waals surface area contributed by atoms with Gasteiger partial charge in [-0.3, -0.25) is 9.59 Å². The van der Waals surface area contributed by atoms with Crippen molar-refractivity contribution < 1.29 is 4.79 Å². The average Bonchev–Trinajstić information content (AvgIpc) is 3.15. The van der Waals surface area contributed by atoms with Gasteiger partial charge in [0.15, 0.2) is 0 Å². The molecule has 2 saturated heterocycles. The van der Waals surface area contributed by atoms with Gasteiger partial charge in [-0.1, -0.05) is 18.3 Å². The number of piperazine rings is 1. The highest BCUT2D eigenvalue weighted by Crippen LogP contribution is 2.27. The molecular weight excluding hydrogens is 402 g/mol. The largest absolute Gasteiger partial charge is 0.351 e. The molecule has 1 N–H and O–H groups in total. The number of hydrogen-bond acceptors (Lipinski definition) is 8. The number of piperidine rings is 1. The van der Waals surface area contributed by atoms with Crippen LogP contribution in [0.25, 0.3) is 4.96 Å². The molecule has 2 aromatic heterocycles. The van der Waals surface area contributed by atoms with Gasteiger partial charge in [0.1, 0.15) is 5.69 Å². The van der Waals surface area contributed by atoms with E-state index in [1.165, 1.54) is 28.3 Å². The number of hydrogen-bond donors (Lipinski definition) is 1. The molecule has 0 radical (unpaired) electrons. The van der Waals surface area contributed by atoms with Crippen LogP contribution >= 0.6 is 11.3 Å². The minimum Gasteiger partial charge on any atom is -0.351 e. The maximum atomic E-state index is 12.8. The molecule has 0 bridgehead atoms. The van der Waals surface area contributed by atoms with E-state index in [2.05, 4.69) is 44.1 Å². The summed E-state index contributed by atoms with van der Waals surface area (Å²) in [6.45, 7) is 9.99. The third kappa shape index (κ3) is 4.98. The van der Waals surface area contributed by atoms with Crippen molar-refractivity contribution in [2.75, 3.05) is 64.3 Å². The highest BCUT2D eigenvalue weighted by Gasteiger charge is 2.22. The summed E-state index contributed by atoms with van der Waals surface area (Å²) in [6.07, 6.45) is 3.23. The van der Waals surface area contributed by atoms with E-state index in [1.807, 2.05) is 0 Å². The maximum Gasteiger partial charge on any atom is 0.274 e. The zero-order valence-electron chi connectivity index (χ0n) is 17.8. The molecule has 1 atom stereocenters. The van der Waals surface area contributed by atoms with Crippen molar-refractivity contribution in [1.82, 2.24) is 29.7 Å². The van der Waals surface area contributed by atoms with Crippen LogP contribution in [0.2, 0.25) is 0 Å². The third-order valence-electron chi connectivity index (χ3n) is 5.94. The molecular formula is C20H31N7O2S. The van der Waals surface area contributed by atoms with Gasteiger partial charge in [-0.05, 0) is 38.8 Å². The van der Waals surface area contributed by atoms with E-state index in [0.717, 1.165) is 63.8 Å². The second-order valence-corrected chi connectivity index (χ2v) is 9.44. The van der Waals surface area contributed by atoms with Crippen LogP contribution in [0.5, 0.6) is 0 Å². The van der Waals surface area contributed by atoms with Gasteiger partial charge < -0.3 is 20.0 Å². The van der Waals surface area contributed by atoms with Crippen LogP contribution in [0, 0.1) is 5.92 Å². The lowest BCUT2D eigenvalue weighted by Crippen LogP contribution is -2.45. The van der Waals surface area contributed by atoms with Gasteiger partial charge in [-0.25, -0.2) is 0 Å².